The van der Waals surface area contributed by atoms with Crippen LogP contribution in [0.2, 0.25) is 0 Å². The van der Waals surface area contributed by atoms with Crippen LogP contribution in [0.25, 0.3) is 6.08 Å². The van der Waals surface area contributed by atoms with Gasteiger partial charge in [0.1, 0.15) is 0 Å². The summed E-state index contributed by atoms with van der Waals surface area (Å²) in [5, 5.41) is 2.99. The number of nitrogens with one attached hydrogen (secondary N) is 1. The lowest BCUT2D eigenvalue weighted by molar-refractivity contribution is -0.116. The van der Waals surface area contributed by atoms with E-state index < -0.39 is 0 Å². The smallest absolute Gasteiger partial charge is 0.244 e. The number of hydrogen-bond donors (Lipinski definition) is 1. The zero-order chi connectivity index (χ0) is 17.4. The minimum atomic E-state index is -0.0857. The van der Waals surface area contributed by atoms with Crippen LogP contribution >= 0.6 is 0 Å². The summed E-state index contributed by atoms with van der Waals surface area (Å²) in [5.41, 5.74) is 0.767. The predicted molar refractivity (Wildman–Crippen MR) is 94.7 cm³/mol. The zero-order valence-electron chi connectivity index (χ0n) is 14.8. The molecule has 0 atom stereocenters. The van der Waals surface area contributed by atoms with E-state index in [4.69, 9.17) is 14.2 Å². The van der Waals surface area contributed by atoms with Gasteiger partial charge < -0.3 is 19.5 Å². The molecule has 1 aromatic rings. The van der Waals surface area contributed by atoms with Gasteiger partial charge in [-0.1, -0.05) is 19.3 Å². The third-order valence-corrected chi connectivity index (χ3v) is 4.44. The van der Waals surface area contributed by atoms with E-state index in [-0.39, 0.29) is 5.91 Å². The van der Waals surface area contributed by atoms with Crippen LogP contribution in [0.15, 0.2) is 18.2 Å². The summed E-state index contributed by atoms with van der Waals surface area (Å²) in [7, 11) is 4.70. The molecule has 0 aliphatic heterocycles. The molecular weight excluding hydrogens is 306 g/mol. The minimum Gasteiger partial charge on any atom is -0.493 e. The van der Waals surface area contributed by atoms with Crippen LogP contribution in [0.3, 0.4) is 0 Å². The maximum Gasteiger partial charge on any atom is 0.244 e. The average molecular weight is 333 g/mol. The van der Waals surface area contributed by atoms with Gasteiger partial charge in [-0.2, -0.15) is 0 Å². The van der Waals surface area contributed by atoms with Gasteiger partial charge in [0.2, 0.25) is 11.7 Å². The Hall–Kier alpha value is -2.17. The highest BCUT2D eigenvalue weighted by Crippen LogP contribution is 2.40. The Morgan fingerprint density at radius 2 is 1.79 bits per heavy atom. The number of benzene rings is 1. The summed E-state index contributed by atoms with van der Waals surface area (Å²) in [5.74, 6) is 2.19. The van der Waals surface area contributed by atoms with E-state index in [0.717, 1.165) is 12.1 Å². The van der Waals surface area contributed by atoms with Crippen LogP contribution in [0.5, 0.6) is 17.2 Å². The van der Waals surface area contributed by atoms with E-state index in [9.17, 15) is 4.79 Å². The highest BCUT2D eigenvalue weighted by Gasteiger charge is 2.15. The van der Waals surface area contributed by atoms with Crippen molar-refractivity contribution in [3.8, 4) is 17.2 Å². The SMILES string of the molecule is COc1ccc(/C=C/C(=O)NCC2CCCCC2)c(OC)c1OC. The van der Waals surface area contributed by atoms with Crippen LogP contribution < -0.4 is 19.5 Å². The van der Waals surface area contributed by atoms with Crippen molar-refractivity contribution in [1.29, 1.82) is 0 Å². The zero-order valence-corrected chi connectivity index (χ0v) is 14.8. The topological polar surface area (TPSA) is 56.8 Å². The van der Waals surface area contributed by atoms with Gasteiger partial charge >= 0.3 is 0 Å². The fourth-order valence-corrected chi connectivity index (χ4v) is 3.12. The van der Waals surface area contributed by atoms with Gasteiger partial charge in [-0.3, -0.25) is 4.79 Å². The summed E-state index contributed by atoms with van der Waals surface area (Å²) in [6.07, 6.45) is 9.58. The predicted octanol–water partition coefficient (Wildman–Crippen LogP) is 3.42. The molecule has 0 bridgehead atoms. The molecule has 0 saturated heterocycles. The Balaban J connectivity index is 2.00. The standard InChI is InChI=1S/C19H27NO4/c1-22-16-11-9-15(18(23-2)19(16)24-3)10-12-17(21)20-13-14-7-5-4-6-8-14/h9-12,14H,4-8,13H2,1-3H3,(H,20,21)/b12-10+. The molecule has 5 nitrogen and oxygen atoms in total. The van der Waals surface area contributed by atoms with Crippen molar-refractivity contribution in [3.05, 3.63) is 23.8 Å². The summed E-state index contributed by atoms with van der Waals surface area (Å²) in [4.78, 5) is 12.0. The van der Waals surface area contributed by atoms with E-state index in [0.29, 0.717) is 23.2 Å². The summed E-state index contributed by atoms with van der Waals surface area (Å²) < 4.78 is 16.0. The van der Waals surface area contributed by atoms with Gasteiger partial charge in [0.05, 0.1) is 21.3 Å². The van der Waals surface area contributed by atoms with E-state index in [1.54, 1.807) is 33.5 Å². The highest BCUT2D eigenvalue weighted by atomic mass is 16.5. The molecule has 0 unspecified atom stereocenters. The molecule has 0 spiro atoms. The van der Waals surface area contributed by atoms with Crippen molar-refractivity contribution in [2.24, 2.45) is 5.92 Å². The Kier molecular flexibility index (Phi) is 6.97. The first kappa shape index (κ1) is 18.2. The quantitative estimate of drug-likeness (QED) is 0.777. The van der Waals surface area contributed by atoms with Gasteiger partial charge in [0, 0.05) is 18.2 Å². The molecule has 0 heterocycles. The van der Waals surface area contributed by atoms with Crippen molar-refractivity contribution < 1.29 is 19.0 Å². The molecule has 0 radical (unpaired) electrons. The third kappa shape index (κ3) is 4.66. The molecule has 0 aromatic heterocycles. The van der Waals surface area contributed by atoms with Crippen LogP contribution in [0.4, 0.5) is 0 Å². The molecule has 132 valence electrons. The van der Waals surface area contributed by atoms with E-state index in [1.807, 2.05) is 6.07 Å². The van der Waals surface area contributed by atoms with Gasteiger partial charge in [0.15, 0.2) is 11.5 Å². The van der Waals surface area contributed by atoms with Crippen LogP contribution in [0.1, 0.15) is 37.7 Å². The fraction of sp³-hybridized carbons (Fsp3) is 0.526. The number of rotatable bonds is 7. The molecule has 1 aliphatic carbocycles. The maximum atomic E-state index is 12.0. The van der Waals surface area contributed by atoms with Gasteiger partial charge in [-0.05, 0) is 37.0 Å². The number of carbonyl (C=O) groups is 1. The lowest BCUT2D eigenvalue weighted by atomic mass is 9.89. The van der Waals surface area contributed by atoms with Crippen LogP contribution in [-0.4, -0.2) is 33.8 Å². The first-order chi connectivity index (χ1) is 11.7. The van der Waals surface area contributed by atoms with Gasteiger partial charge in [-0.15, -0.1) is 0 Å². The van der Waals surface area contributed by atoms with Crippen LogP contribution in [0, 0.1) is 5.92 Å². The second-order valence-electron chi connectivity index (χ2n) is 6.01. The number of carbonyl (C=O) groups excluding carboxylic acids is 1. The second kappa shape index (κ2) is 9.21. The molecule has 2 rings (SSSR count). The first-order valence-corrected chi connectivity index (χ1v) is 8.44. The third-order valence-electron chi connectivity index (χ3n) is 4.44. The lowest BCUT2D eigenvalue weighted by Crippen LogP contribution is -2.28. The Labute approximate surface area is 144 Å². The molecule has 1 fully saturated rings. The molecule has 1 amide bonds. The maximum absolute atomic E-state index is 12.0. The number of methoxy groups -OCH3 is 3. The number of amides is 1. The minimum absolute atomic E-state index is 0.0857. The lowest BCUT2D eigenvalue weighted by Gasteiger charge is -2.21. The fourth-order valence-electron chi connectivity index (χ4n) is 3.12. The Morgan fingerprint density at radius 3 is 2.42 bits per heavy atom. The monoisotopic (exact) mass is 333 g/mol. The normalized spacial score (nSPS) is 15.3. The summed E-state index contributed by atoms with van der Waals surface area (Å²) in [6, 6.07) is 3.63. The molecule has 1 N–H and O–H groups in total. The van der Waals surface area contributed by atoms with Crippen LogP contribution in [-0.2, 0) is 4.79 Å². The Morgan fingerprint density at radius 1 is 1.08 bits per heavy atom. The number of hydrogen-bond acceptors (Lipinski definition) is 4. The Bertz CT molecular complexity index is 577. The van der Waals surface area contributed by atoms with Crippen molar-refractivity contribution in [1.82, 2.24) is 5.32 Å². The van der Waals surface area contributed by atoms with E-state index in [2.05, 4.69) is 5.32 Å². The molecule has 5 heteroatoms. The first-order valence-electron chi connectivity index (χ1n) is 8.44. The van der Waals surface area contributed by atoms with Crippen molar-refractivity contribution in [2.45, 2.75) is 32.1 Å². The van der Waals surface area contributed by atoms with Gasteiger partial charge in [-0.25, -0.2) is 0 Å². The second-order valence-corrected chi connectivity index (χ2v) is 6.01. The van der Waals surface area contributed by atoms with Crippen molar-refractivity contribution in [3.63, 3.8) is 0 Å². The largest absolute Gasteiger partial charge is 0.493 e. The number of ether oxygens (including phenoxy) is 3. The van der Waals surface area contributed by atoms with Gasteiger partial charge in [0.25, 0.3) is 0 Å². The van der Waals surface area contributed by atoms with E-state index in [1.165, 1.54) is 38.2 Å². The van der Waals surface area contributed by atoms with E-state index >= 15 is 0 Å². The molecule has 24 heavy (non-hydrogen) atoms. The molecule has 1 aliphatic rings. The summed E-state index contributed by atoms with van der Waals surface area (Å²) in [6.45, 7) is 0.756. The van der Waals surface area contributed by atoms with Crippen molar-refractivity contribution >= 4 is 12.0 Å². The highest BCUT2D eigenvalue weighted by molar-refractivity contribution is 5.92. The molecule has 1 aromatic carbocycles. The summed E-state index contributed by atoms with van der Waals surface area (Å²) >= 11 is 0. The average Bonchev–Trinajstić information content (AvgIpc) is 2.64. The molecular formula is C19H27NO4. The van der Waals surface area contributed by atoms with Crippen molar-refractivity contribution in [2.75, 3.05) is 27.9 Å². The molecule has 1 saturated carbocycles.